The summed E-state index contributed by atoms with van der Waals surface area (Å²) in [6.07, 6.45) is 0.757. The van der Waals surface area contributed by atoms with Gasteiger partial charge >= 0.3 is 0 Å². The Bertz CT molecular complexity index is 844. The molecule has 0 radical (unpaired) electrons. The lowest BCUT2D eigenvalue weighted by molar-refractivity contribution is 0.790. The van der Waals surface area contributed by atoms with E-state index in [-0.39, 0.29) is 5.92 Å². The Balaban J connectivity index is 1.80. The van der Waals surface area contributed by atoms with E-state index in [2.05, 4.69) is 16.0 Å². The molecule has 4 rings (SSSR count). The van der Waals surface area contributed by atoms with Crippen LogP contribution in [-0.4, -0.2) is 9.97 Å². The molecule has 2 atom stereocenters. The minimum absolute atomic E-state index is 0.108. The van der Waals surface area contributed by atoms with Gasteiger partial charge in [-0.3, -0.25) is 0 Å². The Morgan fingerprint density at radius 1 is 1.19 bits per heavy atom. The SMILES string of the molecule is N#CC1(c2nc3ccccc3[nH]2)CC1c1ccccc1Cl. The minimum atomic E-state index is -0.579. The Labute approximate surface area is 127 Å². The van der Waals surface area contributed by atoms with E-state index in [0.29, 0.717) is 0 Å². The zero-order chi connectivity index (χ0) is 14.4. The largest absolute Gasteiger partial charge is 0.341 e. The van der Waals surface area contributed by atoms with Gasteiger partial charge in [0.1, 0.15) is 11.2 Å². The lowest BCUT2D eigenvalue weighted by atomic mass is 10.00. The number of hydrogen-bond acceptors (Lipinski definition) is 2. The van der Waals surface area contributed by atoms with E-state index in [0.717, 1.165) is 33.9 Å². The van der Waals surface area contributed by atoms with Gasteiger partial charge in [0.2, 0.25) is 0 Å². The van der Waals surface area contributed by atoms with Crippen molar-refractivity contribution in [1.82, 2.24) is 9.97 Å². The van der Waals surface area contributed by atoms with Crippen molar-refractivity contribution < 1.29 is 0 Å². The molecule has 0 saturated heterocycles. The Morgan fingerprint density at radius 2 is 1.95 bits per heavy atom. The molecule has 1 N–H and O–H groups in total. The van der Waals surface area contributed by atoms with Gasteiger partial charge in [-0.05, 0) is 30.2 Å². The summed E-state index contributed by atoms with van der Waals surface area (Å²) in [5, 5.41) is 10.4. The number of benzene rings is 2. The molecular formula is C17H12ClN3. The number of H-pyrrole nitrogens is 1. The van der Waals surface area contributed by atoms with E-state index >= 15 is 0 Å². The van der Waals surface area contributed by atoms with Gasteiger partial charge < -0.3 is 4.98 Å². The first-order valence-electron chi connectivity index (χ1n) is 6.85. The van der Waals surface area contributed by atoms with Crippen molar-refractivity contribution in [3.63, 3.8) is 0 Å². The number of imidazole rings is 1. The van der Waals surface area contributed by atoms with Gasteiger partial charge in [0, 0.05) is 10.9 Å². The maximum absolute atomic E-state index is 9.70. The predicted molar refractivity (Wildman–Crippen MR) is 82.2 cm³/mol. The molecular weight excluding hydrogens is 282 g/mol. The molecule has 0 amide bonds. The van der Waals surface area contributed by atoms with Crippen LogP contribution in [0.5, 0.6) is 0 Å². The molecule has 102 valence electrons. The molecule has 3 aromatic rings. The van der Waals surface area contributed by atoms with Gasteiger partial charge in [-0.2, -0.15) is 5.26 Å². The Kier molecular flexibility index (Phi) is 2.57. The van der Waals surface area contributed by atoms with Gasteiger partial charge in [-0.15, -0.1) is 0 Å². The summed E-state index contributed by atoms with van der Waals surface area (Å²) in [5.41, 5.74) is 2.31. The molecule has 2 unspecified atom stereocenters. The number of halogens is 1. The van der Waals surface area contributed by atoms with Crippen LogP contribution < -0.4 is 0 Å². The monoisotopic (exact) mass is 293 g/mol. The van der Waals surface area contributed by atoms with E-state index in [1.807, 2.05) is 48.5 Å². The number of hydrogen-bond donors (Lipinski definition) is 1. The van der Waals surface area contributed by atoms with Crippen LogP contribution in [0.1, 0.15) is 23.7 Å². The molecule has 21 heavy (non-hydrogen) atoms. The van der Waals surface area contributed by atoms with E-state index in [1.165, 1.54) is 0 Å². The summed E-state index contributed by atoms with van der Waals surface area (Å²) in [4.78, 5) is 7.89. The summed E-state index contributed by atoms with van der Waals surface area (Å²) < 4.78 is 0. The van der Waals surface area contributed by atoms with Crippen LogP contribution in [-0.2, 0) is 5.41 Å². The van der Waals surface area contributed by atoms with Crippen molar-refractivity contribution in [2.24, 2.45) is 0 Å². The molecule has 0 aliphatic heterocycles. The zero-order valence-corrected chi connectivity index (χ0v) is 11.9. The van der Waals surface area contributed by atoms with Crippen molar-refractivity contribution in [2.75, 3.05) is 0 Å². The average Bonchev–Trinajstić information content (AvgIpc) is 3.09. The maximum Gasteiger partial charge on any atom is 0.128 e. The predicted octanol–water partition coefficient (Wildman–Crippen LogP) is 4.17. The lowest BCUT2D eigenvalue weighted by Crippen LogP contribution is -2.09. The summed E-state index contributed by atoms with van der Waals surface area (Å²) in [6, 6.07) is 18.0. The van der Waals surface area contributed by atoms with Crippen LogP contribution in [0.25, 0.3) is 11.0 Å². The second-order valence-corrected chi connectivity index (χ2v) is 5.87. The number of para-hydroxylation sites is 2. The van der Waals surface area contributed by atoms with Crippen LogP contribution in [0.4, 0.5) is 0 Å². The molecule has 1 saturated carbocycles. The quantitative estimate of drug-likeness (QED) is 0.771. The van der Waals surface area contributed by atoms with Crippen molar-refractivity contribution in [2.45, 2.75) is 17.8 Å². The molecule has 0 spiro atoms. The molecule has 1 aromatic heterocycles. The van der Waals surface area contributed by atoms with E-state index in [9.17, 15) is 5.26 Å². The van der Waals surface area contributed by atoms with Crippen molar-refractivity contribution >= 4 is 22.6 Å². The van der Waals surface area contributed by atoms with Gasteiger partial charge in [-0.1, -0.05) is 41.9 Å². The molecule has 0 bridgehead atoms. The summed E-state index contributed by atoms with van der Waals surface area (Å²) in [6.45, 7) is 0. The fourth-order valence-corrected chi connectivity index (χ4v) is 3.27. The highest BCUT2D eigenvalue weighted by Crippen LogP contribution is 2.60. The smallest absolute Gasteiger partial charge is 0.128 e. The molecule has 1 heterocycles. The number of aromatic nitrogens is 2. The molecule has 2 aromatic carbocycles. The van der Waals surface area contributed by atoms with Gasteiger partial charge in [-0.25, -0.2) is 4.98 Å². The number of rotatable bonds is 2. The second-order valence-electron chi connectivity index (χ2n) is 5.46. The highest BCUT2D eigenvalue weighted by atomic mass is 35.5. The number of nitrogens with zero attached hydrogens (tertiary/aromatic N) is 2. The standard InChI is InChI=1S/C17H12ClN3/c18-13-6-2-1-5-11(13)12-9-17(12,10-19)16-20-14-7-3-4-8-15(14)21-16/h1-8,12H,9H2,(H,20,21). The van der Waals surface area contributed by atoms with Crippen LogP contribution in [0.15, 0.2) is 48.5 Å². The van der Waals surface area contributed by atoms with Gasteiger partial charge in [0.25, 0.3) is 0 Å². The molecule has 4 heteroatoms. The number of nitrogens with one attached hydrogen (secondary N) is 1. The fraction of sp³-hybridized carbons (Fsp3) is 0.176. The fourth-order valence-electron chi connectivity index (χ4n) is 3.00. The lowest BCUT2D eigenvalue weighted by Gasteiger charge is -2.07. The van der Waals surface area contributed by atoms with Crippen molar-refractivity contribution in [1.29, 1.82) is 5.26 Å². The zero-order valence-electron chi connectivity index (χ0n) is 11.2. The van der Waals surface area contributed by atoms with E-state index in [4.69, 9.17) is 11.6 Å². The Hall–Kier alpha value is -2.31. The van der Waals surface area contributed by atoms with E-state index in [1.54, 1.807) is 0 Å². The normalized spacial score (nSPS) is 23.9. The first-order chi connectivity index (χ1) is 10.2. The number of fused-ring (bicyclic) bond motifs is 1. The van der Waals surface area contributed by atoms with Crippen LogP contribution >= 0.6 is 11.6 Å². The highest BCUT2D eigenvalue weighted by molar-refractivity contribution is 6.31. The first kappa shape index (κ1) is 12.4. The molecule has 1 fully saturated rings. The second kappa shape index (κ2) is 4.34. The first-order valence-corrected chi connectivity index (χ1v) is 7.23. The van der Waals surface area contributed by atoms with Gasteiger partial charge in [0.15, 0.2) is 0 Å². The van der Waals surface area contributed by atoms with Crippen LogP contribution in [0.2, 0.25) is 5.02 Å². The number of aromatic amines is 1. The summed E-state index contributed by atoms with van der Waals surface area (Å²) >= 11 is 6.27. The molecule has 1 aliphatic rings. The van der Waals surface area contributed by atoms with E-state index < -0.39 is 5.41 Å². The summed E-state index contributed by atoms with van der Waals surface area (Å²) in [7, 11) is 0. The summed E-state index contributed by atoms with van der Waals surface area (Å²) in [5.74, 6) is 0.855. The average molecular weight is 294 g/mol. The van der Waals surface area contributed by atoms with Gasteiger partial charge in [0.05, 0.1) is 17.1 Å². The third-order valence-corrected chi connectivity index (χ3v) is 4.60. The maximum atomic E-state index is 9.70. The van der Waals surface area contributed by atoms with Crippen molar-refractivity contribution in [3.05, 3.63) is 64.9 Å². The molecule has 3 nitrogen and oxygen atoms in total. The van der Waals surface area contributed by atoms with Crippen molar-refractivity contribution in [3.8, 4) is 6.07 Å². The van der Waals surface area contributed by atoms with Crippen LogP contribution in [0, 0.1) is 11.3 Å². The topological polar surface area (TPSA) is 52.5 Å². The third-order valence-electron chi connectivity index (χ3n) is 4.25. The highest BCUT2D eigenvalue weighted by Gasteiger charge is 2.59. The molecule has 1 aliphatic carbocycles. The Morgan fingerprint density at radius 3 is 2.71 bits per heavy atom. The number of nitriles is 1. The minimum Gasteiger partial charge on any atom is -0.341 e. The van der Waals surface area contributed by atoms with Crippen LogP contribution in [0.3, 0.4) is 0 Å². The third kappa shape index (κ3) is 1.76.